The first-order valence-corrected chi connectivity index (χ1v) is 10.7. The van der Waals surface area contributed by atoms with Crippen LogP contribution in [-0.2, 0) is 9.53 Å². The second-order valence-corrected chi connectivity index (χ2v) is 8.90. The summed E-state index contributed by atoms with van der Waals surface area (Å²) in [5, 5.41) is 9.14. The molecule has 2 aliphatic carbocycles. The number of likely N-dealkylation sites (N-methyl/N-ethyl adjacent to an activating group) is 2. The fourth-order valence-corrected chi connectivity index (χ4v) is 6.07. The molecule has 4 fully saturated rings. The third-order valence-corrected chi connectivity index (χ3v) is 7.64. The van der Waals surface area contributed by atoms with Crippen LogP contribution in [0.2, 0.25) is 0 Å². The second-order valence-electron chi connectivity index (χ2n) is 8.90. The van der Waals surface area contributed by atoms with Crippen LogP contribution >= 0.6 is 0 Å². The monoisotopic (exact) mass is 420 g/mol. The van der Waals surface area contributed by atoms with Gasteiger partial charge in [-0.05, 0) is 64.5 Å². The number of hydrogen-bond acceptors (Lipinski definition) is 5. The molecule has 0 spiro atoms. The summed E-state index contributed by atoms with van der Waals surface area (Å²) in [6.07, 6.45) is 13.0. The molecule has 2 heterocycles. The topological polar surface area (TPSA) is 53.0 Å². The van der Waals surface area contributed by atoms with Crippen LogP contribution in [0.15, 0.2) is 0 Å². The van der Waals surface area contributed by atoms with Crippen LogP contribution in [0.5, 0.6) is 0 Å². The van der Waals surface area contributed by atoms with Crippen LogP contribution < -0.4 is 18.9 Å². The molecule has 0 bridgehead atoms. The van der Waals surface area contributed by atoms with Gasteiger partial charge in [0, 0.05) is 18.1 Å². The van der Waals surface area contributed by atoms with Crippen LogP contribution in [0.4, 0.5) is 0 Å². The predicted molar refractivity (Wildman–Crippen MR) is 121 cm³/mol. The molecule has 0 amide bonds. The van der Waals surface area contributed by atoms with Crippen molar-refractivity contribution in [1.82, 2.24) is 9.80 Å². The molecular formula is C22H46AlLiN2O3. The fourth-order valence-electron chi connectivity index (χ4n) is 6.07. The number of carbonyl (C=O) groups excluding carboxylic acids is 1. The number of likely N-dealkylation sites (tertiary alicyclic amines) is 2. The first-order valence-electron chi connectivity index (χ1n) is 10.7. The number of hydrogen-bond donors (Lipinski definition) is 1. The van der Waals surface area contributed by atoms with Crippen molar-refractivity contribution in [2.24, 2.45) is 11.8 Å². The Bertz CT molecular complexity index is 489. The summed E-state index contributed by atoms with van der Waals surface area (Å²) < 4.78 is 4.83. The first kappa shape index (κ1) is 29.5. The molecule has 2 saturated heterocycles. The molecule has 1 N–H and O–H groups in total. The van der Waals surface area contributed by atoms with Gasteiger partial charge in [-0.25, -0.2) is 0 Å². The number of fused-ring (bicyclic) bond motifs is 2. The van der Waals surface area contributed by atoms with Gasteiger partial charge in [0.1, 0.15) is 6.04 Å². The Morgan fingerprint density at radius 3 is 1.90 bits per heavy atom. The molecule has 0 aromatic rings. The number of aliphatic hydroxyl groups is 1. The Labute approximate surface area is 203 Å². The van der Waals surface area contributed by atoms with E-state index in [0.29, 0.717) is 18.7 Å². The van der Waals surface area contributed by atoms with Gasteiger partial charge in [0.15, 0.2) is 17.4 Å². The maximum absolute atomic E-state index is 11.5. The zero-order valence-corrected chi connectivity index (χ0v) is 17.9. The molecule has 4 aliphatic rings. The van der Waals surface area contributed by atoms with Crippen LogP contribution in [0.1, 0.15) is 73.1 Å². The van der Waals surface area contributed by atoms with E-state index in [0.717, 1.165) is 24.3 Å². The van der Waals surface area contributed by atoms with E-state index in [4.69, 9.17) is 9.84 Å². The summed E-state index contributed by atoms with van der Waals surface area (Å²) in [5.74, 6) is 1.57. The van der Waals surface area contributed by atoms with Gasteiger partial charge in [0.2, 0.25) is 0 Å². The van der Waals surface area contributed by atoms with E-state index in [1.807, 2.05) is 0 Å². The third kappa shape index (κ3) is 6.73. The number of rotatable bonds is 2. The van der Waals surface area contributed by atoms with Crippen LogP contribution in [-0.4, -0.2) is 90.2 Å². The molecule has 7 heteroatoms. The maximum Gasteiger partial charge on any atom is 1.00 e. The smallest absolute Gasteiger partial charge is 1.00 e. The van der Waals surface area contributed by atoms with Crippen LogP contribution in [0, 0.1) is 11.8 Å². The van der Waals surface area contributed by atoms with Gasteiger partial charge in [-0.2, -0.15) is 0 Å². The van der Waals surface area contributed by atoms with Gasteiger partial charge in [-0.15, -0.1) is 0 Å². The molecule has 0 aromatic heterocycles. The zero-order valence-electron chi connectivity index (χ0n) is 18.9. The number of methoxy groups -OCH3 is 1. The number of aliphatic hydroxyl groups excluding tert-OH is 1. The average molecular weight is 421 g/mol. The Morgan fingerprint density at radius 2 is 1.45 bits per heavy atom. The van der Waals surface area contributed by atoms with Crippen LogP contribution in [0.3, 0.4) is 0 Å². The second kappa shape index (κ2) is 13.8. The zero-order chi connectivity index (χ0) is 18.7. The van der Waals surface area contributed by atoms with Crippen molar-refractivity contribution in [1.29, 1.82) is 0 Å². The minimum Gasteiger partial charge on any atom is -1.00 e. The average Bonchev–Trinajstić information content (AvgIpc) is 3.19. The molecule has 4 rings (SSSR count). The number of nitrogens with zero attached hydrogens (tertiary/aromatic N) is 2. The normalized spacial score (nSPS) is 36.1. The Morgan fingerprint density at radius 1 is 0.966 bits per heavy atom. The molecule has 2 aliphatic heterocycles. The molecular weight excluding hydrogens is 374 g/mol. The van der Waals surface area contributed by atoms with E-state index in [-0.39, 0.29) is 57.1 Å². The standard InChI is InChI=1S/C11H19NO2.C10H19NO.CH4.Al.Li.4H/c1-12-9-6-4-3-5-8(9)7-10(12)11(13)14-2;1-11-9(7-12)6-8-4-2-3-5-10(8)11;;;;;;;/h8-10H,3-7H2,1-2H3;8-10,12H,2-7H2,1H3;1H4;;;;;;/q;;;;+1;;;;-1/t2*8-,9-,10-;;;;;;;/m00......./s1. The van der Waals surface area contributed by atoms with Crippen molar-refractivity contribution in [3.8, 4) is 0 Å². The van der Waals surface area contributed by atoms with Gasteiger partial charge in [0.05, 0.1) is 13.7 Å². The first-order chi connectivity index (χ1) is 12.6. The van der Waals surface area contributed by atoms with E-state index >= 15 is 0 Å². The van der Waals surface area contributed by atoms with E-state index < -0.39 is 0 Å². The van der Waals surface area contributed by atoms with Crippen molar-refractivity contribution in [2.75, 3.05) is 27.8 Å². The molecule has 0 unspecified atom stereocenters. The summed E-state index contributed by atoms with van der Waals surface area (Å²) in [4.78, 5) is 16.1. The number of esters is 1. The summed E-state index contributed by atoms with van der Waals surface area (Å²) in [6, 6.07) is 1.90. The molecule has 166 valence electrons. The molecule has 2 saturated carbocycles. The van der Waals surface area contributed by atoms with Crippen molar-refractivity contribution in [3.05, 3.63) is 0 Å². The fraction of sp³-hybridized carbons (Fsp3) is 0.955. The molecule has 0 radical (unpaired) electrons. The Balaban J connectivity index is 0. The predicted octanol–water partition coefficient (Wildman–Crippen LogP) is -0.767. The van der Waals surface area contributed by atoms with Gasteiger partial charge in [0.25, 0.3) is 0 Å². The van der Waals surface area contributed by atoms with Crippen molar-refractivity contribution >= 4 is 23.3 Å². The van der Waals surface area contributed by atoms with Gasteiger partial charge < -0.3 is 11.3 Å². The third-order valence-electron chi connectivity index (χ3n) is 7.64. The SMILES string of the molecule is C.CN1[C@H](CO)C[C@@H]2CCCC[C@@H]21.COC(=O)[C@@H]1C[C@@H]2CCCC[C@@H]2N1C.[AlH3].[H-].[Li+]. The van der Waals surface area contributed by atoms with E-state index in [9.17, 15) is 4.79 Å². The largest absolute Gasteiger partial charge is 1.00 e. The molecule has 0 aromatic carbocycles. The molecule has 5 nitrogen and oxygen atoms in total. The molecule has 29 heavy (non-hydrogen) atoms. The van der Waals surface area contributed by atoms with E-state index in [1.54, 1.807) is 0 Å². The summed E-state index contributed by atoms with van der Waals surface area (Å²) in [6.45, 7) is 0.351. The van der Waals surface area contributed by atoms with E-state index in [1.165, 1.54) is 64.9 Å². The summed E-state index contributed by atoms with van der Waals surface area (Å²) in [5.41, 5.74) is 0. The minimum absolute atomic E-state index is 0. The van der Waals surface area contributed by atoms with Gasteiger partial charge in [-0.1, -0.05) is 33.1 Å². The van der Waals surface area contributed by atoms with Gasteiger partial charge in [-0.3, -0.25) is 14.6 Å². The minimum atomic E-state index is -0.0538. The van der Waals surface area contributed by atoms with Crippen LogP contribution in [0.25, 0.3) is 0 Å². The maximum atomic E-state index is 11.5. The number of carbonyl (C=O) groups is 1. The van der Waals surface area contributed by atoms with E-state index in [2.05, 4.69) is 23.9 Å². The summed E-state index contributed by atoms with van der Waals surface area (Å²) in [7, 11) is 5.73. The number of ether oxygens (including phenoxy) is 1. The summed E-state index contributed by atoms with van der Waals surface area (Å²) >= 11 is 0. The van der Waals surface area contributed by atoms with Crippen molar-refractivity contribution in [2.45, 2.75) is 95.8 Å². The molecule has 6 atom stereocenters. The Kier molecular flexibility index (Phi) is 14.0. The Hall–Kier alpha value is 0.480. The quantitative estimate of drug-likeness (QED) is 0.470. The van der Waals surface area contributed by atoms with Crippen molar-refractivity contribution < 1.29 is 34.9 Å². The van der Waals surface area contributed by atoms with Gasteiger partial charge >= 0.3 is 24.8 Å². The van der Waals surface area contributed by atoms with Crippen molar-refractivity contribution in [3.63, 3.8) is 0 Å².